The number of nitrogens with zero attached hydrogens (tertiary/aromatic N) is 1. The summed E-state index contributed by atoms with van der Waals surface area (Å²) in [5, 5.41) is 6.20. The van der Waals surface area contributed by atoms with Gasteiger partial charge in [0.05, 0.1) is 0 Å². The number of ether oxygens (including phenoxy) is 2. The molecule has 1 aromatic rings. The molecule has 0 spiro atoms. The lowest BCUT2D eigenvalue weighted by molar-refractivity contribution is -0.0504. The molecule has 0 aliphatic rings. The summed E-state index contributed by atoms with van der Waals surface area (Å²) in [7, 11) is 1.65. The summed E-state index contributed by atoms with van der Waals surface area (Å²) < 4.78 is 35.4. The second kappa shape index (κ2) is 11.2. The van der Waals surface area contributed by atoms with E-state index in [0.29, 0.717) is 37.8 Å². The van der Waals surface area contributed by atoms with E-state index < -0.39 is 6.61 Å². The molecule has 1 aromatic carbocycles. The summed E-state index contributed by atoms with van der Waals surface area (Å²) >= 11 is 3.32. The van der Waals surface area contributed by atoms with Crippen LogP contribution in [0.1, 0.15) is 18.9 Å². The van der Waals surface area contributed by atoms with Crippen molar-refractivity contribution in [3.8, 4) is 5.75 Å². The molecule has 0 unspecified atom stereocenters. The second-order valence-electron chi connectivity index (χ2n) is 4.53. The molecule has 0 bridgehead atoms. The number of hydrogen-bond acceptors (Lipinski definition) is 3. The minimum Gasteiger partial charge on any atom is -0.434 e. The first-order valence-electron chi connectivity index (χ1n) is 7.32. The summed E-state index contributed by atoms with van der Waals surface area (Å²) in [6.45, 7) is 1.49. The molecule has 8 heteroatoms. The molecule has 0 heterocycles. The first kappa shape index (κ1) is 19.6. The van der Waals surface area contributed by atoms with E-state index in [1.54, 1.807) is 19.2 Å². The van der Waals surface area contributed by atoms with Crippen LogP contribution in [0.15, 0.2) is 27.7 Å². The molecule has 130 valence electrons. The maximum atomic E-state index is 12.4. The van der Waals surface area contributed by atoms with Crippen LogP contribution in [0.25, 0.3) is 0 Å². The smallest absolute Gasteiger partial charge is 0.387 e. The van der Waals surface area contributed by atoms with Crippen LogP contribution in [0.5, 0.6) is 5.75 Å². The molecule has 0 aliphatic carbocycles. The van der Waals surface area contributed by atoms with Gasteiger partial charge in [-0.3, -0.25) is 4.99 Å². The number of nitrogens with one attached hydrogen (secondary N) is 2. The topological polar surface area (TPSA) is 54.9 Å². The summed E-state index contributed by atoms with van der Waals surface area (Å²) in [5.74, 6) is 0.729. The van der Waals surface area contributed by atoms with Crippen molar-refractivity contribution in [1.82, 2.24) is 10.6 Å². The Morgan fingerprint density at radius 1 is 1.35 bits per heavy atom. The zero-order valence-corrected chi connectivity index (χ0v) is 14.8. The highest BCUT2D eigenvalue weighted by molar-refractivity contribution is 9.10. The zero-order chi connectivity index (χ0) is 17.1. The maximum Gasteiger partial charge on any atom is 0.387 e. The van der Waals surface area contributed by atoms with Gasteiger partial charge in [0.2, 0.25) is 0 Å². The van der Waals surface area contributed by atoms with Crippen molar-refractivity contribution >= 4 is 21.9 Å². The van der Waals surface area contributed by atoms with E-state index in [4.69, 9.17) is 4.74 Å². The lowest BCUT2D eigenvalue weighted by Gasteiger charge is -2.15. The fraction of sp³-hybridized carbons (Fsp3) is 0.533. The van der Waals surface area contributed by atoms with Gasteiger partial charge in [0.1, 0.15) is 5.75 Å². The van der Waals surface area contributed by atoms with Crippen molar-refractivity contribution in [3.05, 3.63) is 28.2 Å². The molecule has 0 saturated heterocycles. The normalized spacial score (nSPS) is 11.7. The van der Waals surface area contributed by atoms with Gasteiger partial charge in [-0.2, -0.15) is 8.78 Å². The molecular weight excluding hydrogens is 372 g/mol. The Morgan fingerprint density at radius 2 is 2.13 bits per heavy atom. The van der Waals surface area contributed by atoms with Crippen LogP contribution in [-0.4, -0.2) is 39.4 Å². The first-order valence-corrected chi connectivity index (χ1v) is 8.11. The first-order chi connectivity index (χ1) is 11.1. The van der Waals surface area contributed by atoms with E-state index in [0.717, 1.165) is 10.9 Å². The summed E-state index contributed by atoms with van der Waals surface area (Å²) in [4.78, 5) is 4.09. The molecule has 5 nitrogen and oxygen atoms in total. The van der Waals surface area contributed by atoms with Gasteiger partial charge in [0.25, 0.3) is 0 Å². The van der Waals surface area contributed by atoms with Crippen LogP contribution in [0, 0.1) is 0 Å². The largest absolute Gasteiger partial charge is 0.434 e. The average Bonchev–Trinajstić information content (AvgIpc) is 2.52. The highest BCUT2D eigenvalue weighted by Crippen LogP contribution is 2.24. The van der Waals surface area contributed by atoms with E-state index >= 15 is 0 Å². The highest BCUT2D eigenvalue weighted by Gasteiger charge is 2.10. The zero-order valence-electron chi connectivity index (χ0n) is 13.2. The summed E-state index contributed by atoms with van der Waals surface area (Å²) in [6, 6.07) is 4.89. The van der Waals surface area contributed by atoms with Crippen molar-refractivity contribution < 1.29 is 18.3 Å². The lowest BCUT2D eigenvalue weighted by atomic mass is 10.2. The van der Waals surface area contributed by atoms with Crippen molar-refractivity contribution in [2.24, 2.45) is 4.99 Å². The van der Waals surface area contributed by atoms with Gasteiger partial charge in [0, 0.05) is 43.4 Å². The van der Waals surface area contributed by atoms with E-state index in [1.165, 1.54) is 6.07 Å². The van der Waals surface area contributed by atoms with E-state index in [2.05, 4.69) is 36.3 Å². The lowest BCUT2D eigenvalue weighted by Crippen LogP contribution is -2.37. The minimum absolute atomic E-state index is 0.141. The van der Waals surface area contributed by atoms with E-state index in [1.807, 2.05) is 6.92 Å². The van der Waals surface area contributed by atoms with Gasteiger partial charge in [-0.15, -0.1) is 0 Å². The molecular formula is C15H22BrF2N3O2. The number of benzene rings is 1. The fourth-order valence-electron chi connectivity index (χ4n) is 1.82. The van der Waals surface area contributed by atoms with Crippen LogP contribution in [0.3, 0.4) is 0 Å². The minimum atomic E-state index is -2.86. The van der Waals surface area contributed by atoms with Crippen LogP contribution >= 0.6 is 15.9 Å². The molecule has 0 fully saturated rings. The predicted octanol–water partition coefficient (Wildman–Crippen LogP) is 3.14. The van der Waals surface area contributed by atoms with Gasteiger partial charge in [-0.1, -0.05) is 15.9 Å². The number of rotatable bonds is 9. The Labute approximate surface area is 143 Å². The molecule has 0 amide bonds. The number of aliphatic imine (C=N–C) groups is 1. The third-order valence-corrected chi connectivity index (χ3v) is 3.36. The number of hydrogen-bond donors (Lipinski definition) is 2. The Balaban J connectivity index is 2.53. The Morgan fingerprint density at radius 3 is 2.78 bits per heavy atom. The molecule has 0 aliphatic heterocycles. The molecule has 0 atom stereocenters. The second-order valence-corrected chi connectivity index (χ2v) is 5.45. The van der Waals surface area contributed by atoms with Crippen molar-refractivity contribution in [1.29, 1.82) is 0 Å². The van der Waals surface area contributed by atoms with Gasteiger partial charge < -0.3 is 20.1 Å². The van der Waals surface area contributed by atoms with Gasteiger partial charge >= 0.3 is 6.61 Å². The fourth-order valence-corrected chi connectivity index (χ4v) is 2.23. The van der Waals surface area contributed by atoms with Crippen LogP contribution < -0.4 is 15.4 Å². The number of alkyl halides is 2. The van der Waals surface area contributed by atoms with Crippen LogP contribution in [-0.2, 0) is 11.3 Å². The monoisotopic (exact) mass is 393 g/mol. The van der Waals surface area contributed by atoms with Crippen molar-refractivity contribution in [2.75, 3.05) is 26.8 Å². The predicted molar refractivity (Wildman–Crippen MR) is 90.1 cm³/mol. The van der Waals surface area contributed by atoms with Crippen molar-refractivity contribution in [2.45, 2.75) is 26.5 Å². The molecule has 0 radical (unpaired) electrons. The van der Waals surface area contributed by atoms with Gasteiger partial charge in [-0.05, 0) is 31.5 Å². The molecule has 2 N–H and O–H groups in total. The van der Waals surface area contributed by atoms with Gasteiger partial charge in [-0.25, -0.2) is 0 Å². The maximum absolute atomic E-state index is 12.4. The molecule has 1 rings (SSSR count). The molecule has 0 aromatic heterocycles. The van der Waals surface area contributed by atoms with Gasteiger partial charge in [0.15, 0.2) is 5.96 Å². The number of halogens is 3. The molecule has 23 heavy (non-hydrogen) atoms. The third-order valence-electron chi connectivity index (χ3n) is 2.87. The third kappa shape index (κ3) is 8.13. The molecule has 0 saturated carbocycles. The SMILES string of the molecule is CCOCCCNC(=NC)NCc1cc(Br)ccc1OC(F)F. The van der Waals surface area contributed by atoms with E-state index in [9.17, 15) is 8.78 Å². The summed E-state index contributed by atoms with van der Waals surface area (Å²) in [5.41, 5.74) is 0.608. The van der Waals surface area contributed by atoms with E-state index in [-0.39, 0.29) is 5.75 Å². The Hall–Kier alpha value is -1.41. The Bertz CT molecular complexity index is 502. The van der Waals surface area contributed by atoms with Crippen LogP contribution in [0.2, 0.25) is 0 Å². The van der Waals surface area contributed by atoms with Crippen molar-refractivity contribution in [3.63, 3.8) is 0 Å². The standard InChI is InChI=1S/C15H22BrF2N3O2/c1-3-22-8-4-7-20-15(19-2)21-10-11-9-12(16)5-6-13(11)23-14(17)18/h5-6,9,14H,3-4,7-8,10H2,1-2H3,(H2,19,20,21). The summed E-state index contributed by atoms with van der Waals surface area (Å²) in [6.07, 6.45) is 0.852. The van der Waals surface area contributed by atoms with Crippen LogP contribution in [0.4, 0.5) is 8.78 Å². The Kier molecular flexibility index (Phi) is 9.54. The highest BCUT2D eigenvalue weighted by atomic mass is 79.9. The average molecular weight is 394 g/mol. The quantitative estimate of drug-likeness (QED) is 0.384. The number of guanidine groups is 1.